The van der Waals surface area contributed by atoms with Gasteiger partial charge in [-0.3, -0.25) is 0 Å². The topological polar surface area (TPSA) is 17.8 Å². The molecule has 0 N–H and O–H groups in total. The molecule has 0 spiro atoms. The van der Waals surface area contributed by atoms with Gasteiger partial charge in [-0.25, -0.2) is 4.98 Å². The van der Waals surface area contributed by atoms with Gasteiger partial charge in [-0.15, -0.1) is 0 Å². The van der Waals surface area contributed by atoms with E-state index in [0.717, 1.165) is 16.7 Å². The van der Waals surface area contributed by atoms with Crippen LogP contribution in [0.2, 0.25) is 0 Å². The van der Waals surface area contributed by atoms with Crippen LogP contribution in [0.1, 0.15) is 31.5 Å². The number of benzene rings is 1. The van der Waals surface area contributed by atoms with Gasteiger partial charge in [-0.05, 0) is 38.3 Å². The molecule has 0 bridgehead atoms. The van der Waals surface area contributed by atoms with E-state index in [1.54, 1.807) is 0 Å². The molecule has 0 fully saturated rings. The van der Waals surface area contributed by atoms with Crippen LogP contribution in [0.25, 0.3) is 11.4 Å². The maximum atomic E-state index is 4.60. The minimum Gasteiger partial charge on any atom is -0.325 e. The summed E-state index contributed by atoms with van der Waals surface area (Å²) in [5, 5.41) is 0. The quantitative estimate of drug-likeness (QED) is 0.769. The Kier molecular flexibility index (Phi) is 2.79. The predicted octanol–water partition coefficient (Wildman–Crippen LogP) is 4.21. The number of halogens is 1. The lowest BCUT2D eigenvalue weighted by Crippen LogP contribution is -2.15. The summed E-state index contributed by atoms with van der Waals surface area (Å²) in [6.07, 6.45) is 5.73. The van der Waals surface area contributed by atoms with E-state index in [1.165, 1.54) is 24.1 Å². The maximum Gasteiger partial charge on any atom is 0.140 e. The molecular formula is C14H15BrN2. The van der Waals surface area contributed by atoms with Crippen molar-refractivity contribution in [3.05, 3.63) is 40.6 Å². The first kappa shape index (κ1) is 11.0. The summed E-state index contributed by atoms with van der Waals surface area (Å²) < 4.78 is 3.50. The molecule has 0 saturated carbocycles. The van der Waals surface area contributed by atoms with Gasteiger partial charge in [0.15, 0.2) is 0 Å². The van der Waals surface area contributed by atoms with Crippen LogP contribution in [-0.2, 0) is 6.42 Å². The molecule has 2 aromatic rings. The molecule has 0 radical (unpaired) electrons. The number of hydrogen-bond donors (Lipinski definition) is 0. The van der Waals surface area contributed by atoms with E-state index in [9.17, 15) is 0 Å². The minimum atomic E-state index is 0.565. The first-order valence-electron chi connectivity index (χ1n) is 6.08. The first-order chi connectivity index (χ1) is 8.25. The smallest absolute Gasteiger partial charge is 0.140 e. The molecule has 3 rings (SSSR count). The SMILES string of the molecule is CC1CCCc2cnc(-c3cccc(Br)c3)n21. The van der Waals surface area contributed by atoms with Crippen molar-refractivity contribution in [1.82, 2.24) is 9.55 Å². The first-order valence-corrected chi connectivity index (χ1v) is 6.87. The highest BCUT2D eigenvalue weighted by Crippen LogP contribution is 2.31. The molecule has 0 aliphatic carbocycles. The fraction of sp³-hybridized carbons (Fsp3) is 0.357. The number of aromatic nitrogens is 2. The average molecular weight is 291 g/mol. The van der Waals surface area contributed by atoms with Crippen LogP contribution in [0.5, 0.6) is 0 Å². The second-order valence-electron chi connectivity index (χ2n) is 4.69. The molecule has 1 unspecified atom stereocenters. The Hall–Kier alpha value is -1.09. The Bertz CT molecular complexity index is 545. The summed E-state index contributed by atoms with van der Waals surface area (Å²) in [5.74, 6) is 1.11. The van der Waals surface area contributed by atoms with Crippen molar-refractivity contribution in [2.75, 3.05) is 0 Å². The Morgan fingerprint density at radius 3 is 3.12 bits per heavy atom. The summed E-state index contributed by atoms with van der Waals surface area (Å²) in [6, 6.07) is 8.94. The third-order valence-corrected chi connectivity index (χ3v) is 3.95. The lowest BCUT2D eigenvalue weighted by molar-refractivity contribution is 0.436. The number of imidazole rings is 1. The Balaban J connectivity index is 2.13. The van der Waals surface area contributed by atoms with Crippen molar-refractivity contribution < 1.29 is 0 Å². The Labute approximate surface area is 110 Å². The van der Waals surface area contributed by atoms with Crippen LogP contribution in [0.3, 0.4) is 0 Å². The molecule has 88 valence electrons. The fourth-order valence-corrected chi connectivity index (χ4v) is 3.02. The van der Waals surface area contributed by atoms with Crippen LogP contribution >= 0.6 is 15.9 Å². The number of rotatable bonds is 1. The molecule has 0 amide bonds. The van der Waals surface area contributed by atoms with Crippen molar-refractivity contribution in [3.63, 3.8) is 0 Å². The highest BCUT2D eigenvalue weighted by Gasteiger charge is 2.20. The summed E-state index contributed by atoms with van der Waals surface area (Å²) >= 11 is 3.52. The zero-order valence-corrected chi connectivity index (χ0v) is 11.4. The highest BCUT2D eigenvalue weighted by molar-refractivity contribution is 9.10. The molecule has 3 heteroatoms. The Morgan fingerprint density at radius 1 is 1.41 bits per heavy atom. The second kappa shape index (κ2) is 4.30. The second-order valence-corrected chi connectivity index (χ2v) is 5.61. The number of fused-ring (bicyclic) bond motifs is 1. The molecule has 1 atom stereocenters. The van der Waals surface area contributed by atoms with Crippen LogP contribution in [0, 0.1) is 0 Å². The van der Waals surface area contributed by atoms with E-state index in [0.29, 0.717) is 6.04 Å². The van der Waals surface area contributed by atoms with E-state index >= 15 is 0 Å². The van der Waals surface area contributed by atoms with Gasteiger partial charge in [0.1, 0.15) is 5.82 Å². The van der Waals surface area contributed by atoms with E-state index in [1.807, 2.05) is 12.3 Å². The van der Waals surface area contributed by atoms with Crippen molar-refractivity contribution in [3.8, 4) is 11.4 Å². The summed E-state index contributed by atoms with van der Waals surface area (Å²) in [6.45, 7) is 2.28. The van der Waals surface area contributed by atoms with Gasteiger partial charge >= 0.3 is 0 Å². The zero-order valence-electron chi connectivity index (χ0n) is 9.86. The van der Waals surface area contributed by atoms with Crippen LogP contribution < -0.4 is 0 Å². The van der Waals surface area contributed by atoms with E-state index < -0.39 is 0 Å². The van der Waals surface area contributed by atoms with Gasteiger partial charge in [0, 0.05) is 28.0 Å². The van der Waals surface area contributed by atoms with Gasteiger partial charge in [0.25, 0.3) is 0 Å². The lowest BCUT2D eigenvalue weighted by atomic mass is 10.0. The molecular weight excluding hydrogens is 276 g/mol. The minimum absolute atomic E-state index is 0.565. The van der Waals surface area contributed by atoms with Gasteiger partial charge in [-0.2, -0.15) is 0 Å². The molecule has 1 aromatic heterocycles. The fourth-order valence-electron chi connectivity index (χ4n) is 2.62. The van der Waals surface area contributed by atoms with Gasteiger partial charge in [0.2, 0.25) is 0 Å². The van der Waals surface area contributed by atoms with Crippen molar-refractivity contribution in [2.45, 2.75) is 32.2 Å². The van der Waals surface area contributed by atoms with Crippen molar-refractivity contribution in [2.24, 2.45) is 0 Å². The Morgan fingerprint density at radius 2 is 2.29 bits per heavy atom. The van der Waals surface area contributed by atoms with Gasteiger partial charge < -0.3 is 4.57 Å². The molecule has 0 saturated heterocycles. The van der Waals surface area contributed by atoms with Crippen LogP contribution in [-0.4, -0.2) is 9.55 Å². The van der Waals surface area contributed by atoms with E-state index in [2.05, 4.69) is 50.6 Å². The van der Waals surface area contributed by atoms with E-state index in [4.69, 9.17) is 0 Å². The monoisotopic (exact) mass is 290 g/mol. The normalized spacial score (nSPS) is 19.1. The summed E-state index contributed by atoms with van der Waals surface area (Å²) in [7, 11) is 0. The lowest BCUT2D eigenvalue weighted by Gasteiger charge is -2.24. The largest absolute Gasteiger partial charge is 0.325 e. The molecule has 1 aliphatic rings. The number of hydrogen-bond acceptors (Lipinski definition) is 1. The third-order valence-electron chi connectivity index (χ3n) is 3.45. The zero-order chi connectivity index (χ0) is 11.8. The summed E-state index contributed by atoms with van der Waals surface area (Å²) in [5.41, 5.74) is 2.57. The third kappa shape index (κ3) is 1.93. The molecule has 1 aromatic carbocycles. The molecule has 17 heavy (non-hydrogen) atoms. The van der Waals surface area contributed by atoms with Crippen molar-refractivity contribution in [1.29, 1.82) is 0 Å². The predicted molar refractivity (Wildman–Crippen MR) is 73.0 cm³/mol. The highest BCUT2D eigenvalue weighted by atomic mass is 79.9. The van der Waals surface area contributed by atoms with E-state index in [-0.39, 0.29) is 0 Å². The molecule has 2 nitrogen and oxygen atoms in total. The maximum absolute atomic E-state index is 4.60. The summed E-state index contributed by atoms with van der Waals surface area (Å²) in [4.78, 5) is 4.60. The number of nitrogens with zero attached hydrogens (tertiary/aromatic N) is 2. The van der Waals surface area contributed by atoms with Gasteiger partial charge in [-0.1, -0.05) is 28.1 Å². The number of aryl methyl sites for hydroxylation is 1. The van der Waals surface area contributed by atoms with Crippen LogP contribution in [0.4, 0.5) is 0 Å². The van der Waals surface area contributed by atoms with Crippen LogP contribution in [0.15, 0.2) is 34.9 Å². The average Bonchev–Trinajstić information content (AvgIpc) is 2.74. The van der Waals surface area contributed by atoms with Gasteiger partial charge in [0.05, 0.1) is 0 Å². The standard InChI is InChI=1S/C14H15BrN2/c1-10-4-2-7-13-9-16-14(17(10)13)11-5-3-6-12(15)8-11/h3,5-6,8-10H,2,4,7H2,1H3. The van der Waals surface area contributed by atoms with Crippen molar-refractivity contribution >= 4 is 15.9 Å². The molecule has 1 aliphatic heterocycles. The molecule has 2 heterocycles.